The quantitative estimate of drug-likeness (QED) is 0.339. The van der Waals surface area contributed by atoms with Crippen LogP contribution in [-0.2, 0) is 14.8 Å². The molecule has 0 aliphatic carbocycles. The first-order valence-corrected chi connectivity index (χ1v) is 14.1. The Balaban J connectivity index is 1.72. The molecule has 1 heterocycles. The fourth-order valence-electron chi connectivity index (χ4n) is 4.22. The van der Waals surface area contributed by atoms with Gasteiger partial charge in [-0.1, -0.05) is 54.9 Å². The summed E-state index contributed by atoms with van der Waals surface area (Å²) in [6, 6.07) is 22.2. The van der Waals surface area contributed by atoms with Crippen LogP contribution < -0.4 is 14.9 Å². The van der Waals surface area contributed by atoms with Crippen LogP contribution in [0.2, 0.25) is 5.02 Å². The normalized spacial score (nSPS) is 14.4. The lowest BCUT2D eigenvalue weighted by molar-refractivity contribution is -0.110. The second-order valence-electron chi connectivity index (χ2n) is 9.12. The van der Waals surface area contributed by atoms with E-state index < -0.39 is 10.0 Å². The van der Waals surface area contributed by atoms with Gasteiger partial charge in [-0.15, -0.1) is 0 Å². The second kappa shape index (κ2) is 11.4. The molecule has 4 rings (SSSR count). The Hall–Kier alpha value is -3.33. The predicted molar refractivity (Wildman–Crippen MR) is 153 cm³/mol. The van der Waals surface area contributed by atoms with Crippen LogP contribution in [0.15, 0.2) is 72.8 Å². The lowest BCUT2D eigenvalue weighted by atomic mass is 10.00. The highest BCUT2D eigenvalue weighted by Gasteiger charge is 2.29. The van der Waals surface area contributed by atoms with E-state index in [-0.39, 0.29) is 11.7 Å². The fraction of sp³-hybridized carbons (Fsp3) is 0.250. The Labute approximate surface area is 223 Å². The lowest BCUT2D eigenvalue weighted by Gasteiger charge is -2.26. The molecule has 0 bridgehead atoms. The molecule has 1 aliphatic rings. The summed E-state index contributed by atoms with van der Waals surface area (Å²) in [7, 11) is 0.392. The van der Waals surface area contributed by atoms with Crippen LogP contribution in [0.3, 0.4) is 0 Å². The van der Waals surface area contributed by atoms with Gasteiger partial charge in [0.25, 0.3) is 5.91 Å². The smallest absolute Gasteiger partial charge is 0.258 e. The zero-order valence-electron chi connectivity index (χ0n) is 21.2. The molecule has 2 N–H and O–H groups in total. The van der Waals surface area contributed by atoms with Gasteiger partial charge in [-0.25, -0.2) is 8.42 Å². The summed E-state index contributed by atoms with van der Waals surface area (Å²) in [5, 5.41) is 6.86. The number of hydrogen-bond acceptors (Lipinski definition) is 5. The summed E-state index contributed by atoms with van der Waals surface area (Å²) < 4.78 is 27.4. The number of sulfonamides is 1. The largest absolute Gasteiger partial charge is 0.354 e. The zero-order valence-corrected chi connectivity index (χ0v) is 22.7. The highest BCUT2D eigenvalue weighted by molar-refractivity contribution is 7.92. The number of rotatable bonds is 10. The van der Waals surface area contributed by atoms with Gasteiger partial charge >= 0.3 is 0 Å². The monoisotopic (exact) mass is 538 g/mol. The molecule has 0 atom stereocenters. The molecule has 0 saturated carbocycles. The number of fused-ring (bicyclic) bond motifs is 1. The Bertz CT molecular complexity index is 1410. The van der Waals surface area contributed by atoms with Gasteiger partial charge in [-0.2, -0.15) is 0 Å². The van der Waals surface area contributed by atoms with E-state index in [1.807, 2.05) is 74.4 Å². The molecule has 3 aromatic rings. The molecule has 0 fully saturated rings. The summed E-state index contributed by atoms with van der Waals surface area (Å²) in [5.41, 5.74) is 4.76. The van der Waals surface area contributed by atoms with E-state index in [0.29, 0.717) is 47.2 Å². The average molecular weight is 539 g/mol. The van der Waals surface area contributed by atoms with Gasteiger partial charge in [0.15, 0.2) is 0 Å². The Kier molecular flexibility index (Phi) is 8.22. The number of carbonyl (C=O) groups is 1. The van der Waals surface area contributed by atoms with Crippen molar-refractivity contribution in [1.82, 2.24) is 4.90 Å². The fourth-order valence-corrected chi connectivity index (χ4v) is 5.93. The Morgan fingerprint density at radius 3 is 2.32 bits per heavy atom. The van der Waals surface area contributed by atoms with E-state index in [1.165, 1.54) is 4.31 Å². The number of halogens is 1. The molecule has 0 saturated heterocycles. The maximum absolute atomic E-state index is 13.1. The Morgan fingerprint density at radius 2 is 1.68 bits per heavy atom. The molecule has 3 aromatic carbocycles. The van der Waals surface area contributed by atoms with E-state index in [1.54, 1.807) is 24.3 Å². The van der Waals surface area contributed by atoms with Crippen LogP contribution in [0.4, 0.5) is 17.1 Å². The lowest BCUT2D eigenvalue weighted by Crippen LogP contribution is -2.38. The first-order valence-electron chi connectivity index (χ1n) is 12.1. The van der Waals surface area contributed by atoms with E-state index in [9.17, 15) is 13.2 Å². The number of likely N-dealkylation sites (N-methyl/N-ethyl adjacent to an activating group) is 1. The third kappa shape index (κ3) is 6.15. The minimum atomic E-state index is -3.44. The van der Waals surface area contributed by atoms with Crippen molar-refractivity contribution < 1.29 is 13.2 Å². The van der Waals surface area contributed by atoms with Crippen molar-refractivity contribution in [2.45, 2.75) is 13.3 Å². The van der Waals surface area contributed by atoms with E-state index in [4.69, 9.17) is 11.6 Å². The van der Waals surface area contributed by atoms with Crippen LogP contribution >= 0.6 is 11.6 Å². The van der Waals surface area contributed by atoms with E-state index in [0.717, 1.165) is 16.8 Å². The SMILES string of the molecule is CCCS(=O)(=O)N(CCN(C)C)c1ccc(N/C(=C2\C(=O)Nc3cc(Cl)ccc32)c2ccccc2)cc1. The van der Waals surface area contributed by atoms with Crippen LogP contribution in [0.1, 0.15) is 24.5 Å². The van der Waals surface area contributed by atoms with Crippen LogP contribution in [0.25, 0.3) is 11.3 Å². The molecule has 0 aromatic heterocycles. The molecule has 194 valence electrons. The van der Waals surface area contributed by atoms with Crippen molar-refractivity contribution in [2.75, 3.05) is 47.9 Å². The first-order chi connectivity index (χ1) is 17.7. The minimum absolute atomic E-state index is 0.0865. The third-order valence-corrected chi connectivity index (χ3v) is 8.24. The number of carbonyl (C=O) groups excluding carboxylic acids is 1. The van der Waals surface area contributed by atoms with Crippen molar-refractivity contribution in [3.05, 3.63) is 88.9 Å². The van der Waals surface area contributed by atoms with Gasteiger partial charge in [-0.3, -0.25) is 9.10 Å². The second-order valence-corrected chi connectivity index (χ2v) is 11.6. The molecule has 1 amide bonds. The molecule has 1 aliphatic heterocycles. The van der Waals surface area contributed by atoms with Gasteiger partial charge in [0.2, 0.25) is 10.0 Å². The van der Waals surface area contributed by atoms with E-state index in [2.05, 4.69) is 10.6 Å². The predicted octanol–water partition coefficient (Wildman–Crippen LogP) is 5.38. The summed E-state index contributed by atoms with van der Waals surface area (Å²) in [5.74, 6) is -0.135. The summed E-state index contributed by atoms with van der Waals surface area (Å²) in [6.07, 6.45) is 0.545. The van der Waals surface area contributed by atoms with Crippen molar-refractivity contribution in [1.29, 1.82) is 0 Å². The standard InChI is InChI=1S/C28H31ClN4O3S/c1-4-18-37(35,36)33(17-16-32(2)3)23-13-11-22(12-14-23)30-27(20-8-6-5-7-9-20)26-24-15-10-21(29)19-25(24)31-28(26)34/h5-15,19,30H,4,16-18H2,1-3H3,(H,31,34)/b27-26-. The van der Waals surface area contributed by atoms with Gasteiger partial charge in [-0.05, 0) is 62.5 Å². The van der Waals surface area contributed by atoms with Gasteiger partial charge in [0.05, 0.1) is 28.4 Å². The summed E-state index contributed by atoms with van der Waals surface area (Å²) >= 11 is 6.14. The number of nitrogens with one attached hydrogen (secondary N) is 2. The molecule has 37 heavy (non-hydrogen) atoms. The molecule has 0 radical (unpaired) electrons. The summed E-state index contributed by atoms with van der Waals surface area (Å²) in [6.45, 7) is 2.82. The minimum Gasteiger partial charge on any atom is -0.354 e. The van der Waals surface area contributed by atoms with E-state index >= 15 is 0 Å². The van der Waals surface area contributed by atoms with Crippen LogP contribution in [-0.4, -0.2) is 52.2 Å². The molecule has 0 unspecified atom stereocenters. The van der Waals surface area contributed by atoms with Crippen LogP contribution in [0.5, 0.6) is 0 Å². The van der Waals surface area contributed by atoms with Crippen LogP contribution in [0, 0.1) is 0 Å². The highest BCUT2D eigenvalue weighted by Crippen LogP contribution is 2.39. The third-order valence-electron chi connectivity index (χ3n) is 6.01. The van der Waals surface area contributed by atoms with Crippen molar-refractivity contribution >= 4 is 55.9 Å². The van der Waals surface area contributed by atoms with Gasteiger partial charge < -0.3 is 15.5 Å². The highest BCUT2D eigenvalue weighted by atomic mass is 35.5. The van der Waals surface area contributed by atoms with Gasteiger partial charge in [0, 0.05) is 29.4 Å². The number of benzene rings is 3. The van der Waals surface area contributed by atoms with Crippen molar-refractivity contribution in [2.24, 2.45) is 0 Å². The maximum atomic E-state index is 13.1. The van der Waals surface area contributed by atoms with Gasteiger partial charge in [0.1, 0.15) is 0 Å². The number of nitrogens with zero attached hydrogens (tertiary/aromatic N) is 2. The summed E-state index contributed by atoms with van der Waals surface area (Å²) in [4.78, 5) is 15.0. The molecule has 0 spiro atoms. The topological polar surface area (TPSA) is 81.8 Å². The molecule has 7 nitrogen and oxygen atoms in total. The first kappa shape index (κ1) is 26.7. The Morgan fingerprint density at radius 1 is 0.973 bits per heavy atom. The number of amides is 1. The zero-order chi connectivity index (χ0) is 26.6. The molecular formula is C28H31ClN4O3S. The maximum Gasteiger partial charge on any atom is 0.258 e. The number of hydrogen-bond donors (Lipinski definition) is 2. The molecular weight excluding hydrogens is 508 g/mol. The van der Waals surface area contributed by atoms with Crippen molar-refractivity contribution in [3.8, 4) is 0 Å². The van der Waals surface area contributed by atoms with Crippen molar-refractivity contribution in [3.63, 3.8) is 0 Å². The molecule has 9 heteroatoms. The number of anilines is 3. The average Bonchev–Trinajstić information content (AvgIpc) is 3.18.